The molecule has 0 fully saturated rings. The molecule has 7 nitrogen and oxygen atoms in total. The summed E-state index contributed by atoms with van der Waals surface area (Å²) in [6, 6.07) is 4.76. The number of nitrogens with one attached hydrogen (secondary N) is 1. The first-order valence-corrected chi connectivity index (χ1v) is 10.0. The van der Waals surface area contributed by atoms with Gasteiger partial charge in [-0.2, -0.15) is 0 Å². The van der Waals surface area contributed by atoms with E-state index in [0.29, 0.717) is 23.5 Å². The van der Waals surface area contributed by atoms with Gasteiger partial charge in [0.2, 0.25) is 0 Å². The van der Waals surface area contributed by atoms with Crippen LogP contribution in [-0.4, -0.2) is 44.1 Å². The molecule has 0 saturated carbocycles. The van der Waals surface area contributed by atoms with Crippen molar-refractivity contribution in [2.45, 2.75) is 26.9 Å². The van der Waals surface area contributed by atoms with Gasteiger partial charge < -0.3 is 20.5 Å². The van der Waals surface area contributed by atoms with Gasteiger partial charge in [-0.15, -0.1) is 11.3 Å². The van der Waals surface area contributed by atoms with Crippen molar-refractivity contribution in [3.63, 3.8) is 0 Å². The fourth-order valence-electron chi connectivity index (χ4n) is 2.93. The third-order valence-electron chi connectivity index (χ3n) is 4.40. The van der Waals surface area contributed by atoms with E-state index in [0.717, 1.165) is 16.9 Å². The van der Waals surface area contributed by atoms with E-state index in [1.807, 2.05) is 11.8 Å². The van der Waals surface area contributed by atoms with Crippen molar-refractivity contribution >= 4 is 28.2 Å². The number of hydrogen-bond acceptors (Lipinski definition) is 7. The average molecular weight is 424 g/mol. The zero-order chi connectivity index (χ0) is 21.6. The van der Waals surface area contributed by atoms with Crippen LogP contribution < -0.4 is 15.8 Å². The number of carbonyl (C=O) groups is 2. The molecule has 1 heterocycles. The number of carbonyl (C=O) groups excluding carboxylic acids is 2. The lowest BCUT2D eigenvalue weighted by molar-refractivity contribution is 0.0525. The summed E-state index contributed by atoms with van der Waals surface area (Å²) < 4.78 is 24.1. The van der Waals surface area contributed by atoms with Crippen molar-refractivity contribution in [1.82, 2.24) is 10.2 Å². The minimum atomic E-state index is -0.557. The van der Waals surface area contributed by atoms with E-state index in [1.165, 1.54) is 20.2 Å². The fraction of sp³-hybridized carbons (Fsp3) is 0.400. The van der Waals surface area contributed by atoms with Crippen LogP contribution in [0.1, 0.15) is 45.0 Å². The van der Waals surface area contributed by atoms with Gasteiger partial charge in [0, 0.05) is 25.7 Å². The second kappa shape index (κ2) is 10.2. The average Bonchev–Trinajstić information content (AvgIpc) is 3.03. The lowest BCUT2D eigenvalue weighted by Gasteiger charge is -2.22. The van der Waals surface area contributed by atoms with Crippen LogP contribution in [0.4, 0.5) is 9.39 Å². The topological polar surface area (TPSA) is 93.9 Å². The van der Waals surface area contributed by atoms with E-state index in [4.69, 9.17) is 15.2 Å². The Labute approximate surface area is 173 Å². The van der Waals surface area contributed by atoms with Crippen LogP contribution in [0.3, 0.4) is 0 Å². The molecule has 158 valence electrons. The summed E-state index contributed by atoms with van der Waals surface area (Å²) in [7, 11) is 2.93. The van der Waals surface area contributed by atoms with Crippen molar-refractivity contribution in [3.05, 3.63) is 45.6 Å². The molecule has 29 heavy (non-hydrogen) atoms. The van der Waals surface area contributed by atoms with Gasteiger partial charge >= 0.3 is 5.97 Å². The van der Waals surface area contributed by atoms with Crippen LogP contribution in [0.25, 0.3) is 0 Å². The van der Waals surface area contributed by atoms with E-state index in [1.54, 1.807) is 19.1 Å². The number of benzene rings is 1. The predicted molar refractivity (Wildman–Crippen MR) is 111 cm³/mol. The Kier molecular flexibility index (Phi) is 7.98. The second-order valence-electron chi connectivity index (χ2n) is 6.22. The highest BCUT2D eigenvalue weighted by molar-refractivity contribution is 7.18. The number of hydrogen-bond donors (Lipinski definition) is 2. The first-order chi connectivity index (χ1) is 13.9. The molecule has 1 amide bonds. The molecule has 2 rings (SSSR count). The predicted octanol–water partition coefficient (Wildman–Crippen LogP) is 3.04. The highest BCUT2D eigenvalue weighted by Crippen LogP contribution is 2.33. The summed E-state index contributed by atoms with van der Waals surface area (Å²) in [4.78, 5) is 27.1. The maximum Gasteiger partial charge on any atom is 0.341 e. The minimum Gasteiger partial charge on any atom is -0.494 e. The van der Waals surface area contributed by atoms with Crippen molar-refractivity contribution in [3.8, 4) is 5.75 Å². The molecule has 0 radical (unpaired) electrons. The zero-order valence-electron chi connectivity index (χ0n) is 17.0. The number of nitrogens with zero attached hydrogens (tertiary/aromatic N) is 1. The third kappa shape index (κ3) is 5.24. The summed E-state index contributed by atoms with van der Waals surface area (Å²) in [5.41, 5.74) is 7.52. The molecule has 0 atom stereocenters. The van der Waals surface area contributed by atoms with E-state index < -0.39 is 11.8 Å². The third-order valence-corrected chi connectivity index (χ3v) is 5.46. The van der Waals surface area contributed by atoms with E-state index >= 15 is 0 Å². The highest BCUT2D eigenvalue weighted by Gasteiger charge is 2.27. The van der Waals surface area contributed by atoms with Gasteiger partial charge in [0.15, 0.2) is 11.6 Å². The Morgan fingerprint density at radius 1 is 1.28 bits per heavy atom. The second-order valence-corrected chi connectivity index (χ2v) is 7.27. The van der Waals surface area contributed by atoms with Crippen LogP contribution in [0, 0.1) is 5.82 Å². The van der Waals surface area contributed by atoms with E-state index in [9.17, 15) is 14.0 Å². The van der Waals surface area contributed by atoms with Crippen LogP contribution >= 0.6 is 11.3 Å². The van der Waals surface area contributed by atoms with Crippen molar-refractivity contribution in [2.75, 3.05) is 33.0 Å². The number of esters is 1. The Hall–Kier alpha value is -2.65. The summed E-state index contributed by atoms with van der Waals surface area (Å²) >= 11 is 1.06. The number of thiophene rings is 1. The molecular weight excluding hydrogens is 397 g/mol. The molecule has 0 aliphatic carbocycles. The number of ether oxygens (including phenoxy) is 2. The molecule has 1 aromatic heterocycles. The molecule has 0 unspecified atom stereocenters. The molecule has 0 saturated heterocycles. The van der Waals surface area contributed by atoms with Gasteiger partial charge in [-0.05, 0) is 31.2 Å². The van der Waals surface area contributed by atoms with Gasteiger partial charge in [-0.25, -0.2) is 9.18 Å². The number of nitrogens with two attached hydrogens (primary N) is 1. The smallest absolute Gasteiger partial charge is 0.341 e. The molecular formula is C20H26FN3O4S. The molecule has 3 N–H and O–H groups in total. The number of nitrogen functional groups attached to an aromatic ring is 1. The summed E-state index contributed by atoms with van der Waals surface area (Å²) in [5.74, 6) is -1.15. The van der Waals surface area contributed by atoms with Crippen LogP contribution in [0.15, 0.2) is 18.2 Å². The fourth-order valence-corrected chi connectivity index (χ4v) is 3.94. The molecule has 0 aliphatic rings. The van der Waals surface area contributed by atoms with Crippen molar-refractivity contribution < 1.29 is 23.5 Å². The SMILES string of the molecule is CCOC(=O)c1c(N)sc(C(=O)NC)c1CN(CC)Cc1ccc(OC)c(F)c1. The number of halogens is 1. The Morgan fingerprint density at radius 3 is 2.55 bits per heavy atom. The van der Waals surface area contributed by atoms with Crippen molar-refractivity contribution in [2.24, 2.45) is 0 Å². The van der Waals surface area contributed by atoms with Gasteiger partial charge in [0.25, 0.3) is 5.91 Å². The Bertz CT molecular complexity index is 885. The minimum absolute atomic E-state index is 0.175. The monoisotopic (exact) mass is 423 g/mol. The van der Waals surface area contributed by atoms with Gasteiger partial charge in [0.05, 0.1) is 24.2 Å². The van der Waals surface area contributed by atoms with E-state index in [-0.39, 0.29) is 35.4 Å². The largest absolute Gasteiger partial charge is 0.494 e. The molecule has 9 heteroatoms. The highest BCUT2D eigenvalue weighted by atomic mass is 32.1. The Morgan fingerprint density at radius 2 is 2.00 bits per heavy atom. The molecule has 0 aliphatic heterocycles. The van der Waals surface area contributed by atoms with Gasteiger partial charge in [0.1, 0.15) is 5.00 Å². The lowest BCUT2D eigenvalue weighted by atomic mass is 10.1. The molecule has 0 bridgehead atoms. The number of rotatable bonds is 9. The molecule has 1 aromatic carbocycles. The van der Waals surface area contributed by atoms with Crippen molar-refractivity contribution in [1.29, 1.82) is 0 Å². The normalized spacial score (nSPS) is 10.8. The maximum atomic E-state index is 14.0. The number of methoxy groups -OCH3 is 1. The first-order valence-electron chi connectivity index (χ1n) is 9.21. The zero-order valence-corrected chi connectivity index (χ0v) is 17.8. The number of anilines is 1. The summed E-state index contributed by atoms with van der Waals surface area (Å²) in [6.45, 7) is 5.16. The van der Waals surface area contributed by atoms with Crippen LogP contribution in [0.5, 0.6) is 5.75 Å². The Balaban J connectivity index is 2.37. The quantitative estimate of drug-likeness (QED) is 0.602. The maximum absolute atomic E-state index is 14.0. The van der Waals surface area contributed by atoms with Gasteiger partial charge in [-0.3, -0.25) is 9.69 Å². The lowest BCUT2D eigenvalue weighted by Crippen LogP contribution is -2.26. The van der Waals surface area contributed by atoms with Gasteiger partial charge in [-0.1, -0.05) is 13.0 Å². The number of amides is 1. The van der Waals surface area contributed by atoms with Crippen LogP contribution in [-0.2, 0) is 17.8 Å². The first kappa shape index (κ1) is 22.6. The van der Waals surface area contributed by atoms with E-state index in [2.05, 4.69) is 5.32 Å². The summed E-state index contributed by atoms with van der Waals surface area (Å²) in [6.07, 6.45) is 0. The molecule has 2 aromatic rings. The van der Waals surface area contributed by atoms with Crippen LogP contribution in [0.2, 0.25) is 0 Å². The standard InChI is InChI=1S/C20H26FN3O4S/c1-5-24(10-12-7-8-15(27-4)14(21)9-12)11-13-16(20(26)28-6-2)18(22)29-17(13)19(25)23-3/h7-9H,5-6,10-11,22H2,1-4H3,(H,23,25). The summed E-state index contributed by atoms with van der Waals surface area (Å²) in [5, 5.41) is 2.82. The molecule has 0 spiro atoms.